The summed E-state index contributed by atoms with van der Waals surface area (Å²) in [4.78, 5) is 0. The second-order valence-corrected chi connectivity index (χ2v) is 5.43. The Kier molecular flexibility index (Phi) is 4.40. The third-order valence-electron chi connectivity index (χ3n) is 2.77. The summed E-state index contributed by atoms with van der Waals surface area (Å²) < 4.78 is 2.72. The Morgan fingerprint density at radius 1 is 1.56 bits per heavy atom. The van der Waals surface area contributed by atoms with Crippen molar-refractivity contribution in [2.75, 3.05) is 0 Å². The molecule has 6 heteroatoms. The summed E-state index contributed by atoms with van der Waals surface area (Å²) in [6.45, 7) is 0. The molecule has 3 N–H and O–H groups in total. The van der Waals surface area contributed by atoms with Crippen molar-refractivity contribution in [3.8, 4) is 0 Å². The molecule has 0 saturated heterocycles. The van der Waals surface area contributed by atoms with E-state index in [4.69, 9.17) is 17.4 Å². The molecule has 1 atom stereocenters. The highest BCUT2D eigenvalue weighted by Gasteiger charge is 2.14. The molecule has 0 fully saturated rings. The molecular weight excluding hydrogens is 316 g/mol. The van der Waals surface area contributed by atoms with Crippen molar-refractivity contribution < 1.29 is 0 Å². The molecule has 0 spiro atoms. The van der Waals surface area contributed by atoms with Crippen molar-refractivity contribution in [3.63, 3.8) is 0 Å². The normalized spacial score (nSPS) is 12.7. The highest BCUT2D eigenvalue weighted by Crippen LogP contribution is 2.25. The number of rotatable bonds is 4. The minimum atomic E-state index is -0.00243. The predicted octanol–water partition coefficient (Wildman–Crippen LogP) is 2.58. The van der Waals surface area contributed by atoms with Crippen molar-refractivity contribution in [3.05, 3.63) is 51.2 Å². The minimum Gasteiger partial charge on any atom is -0.275 e. The van der Waals surface area contributed by atoms with Crippen LogP contribution in [0.3, 0.4) is 0 Å². The Bertz CT molecular complexity index is 541. The number of halogens is 2. The molecule has 2 aromatic rings. The van der Waals surface area contributed by atoms with Crippen LogP contribution in [-0.2, 0) is 13.5 Å². The van der Waals surface area contributed by atoms with Gasteiger partial charge in [-0.1, -0.05) is 33.6 Å². The van der Waals surface area contributed by atoms with Gasteiger partial charge in [0, 0.05) is 28.3 Å². The highest BCUT2D eigenvalue weighted by atomic mass is 79.9. The molecule has 1 aromatic heterocycles. The van der Waals surface area contributed by atoms with Gasteiger partial charge in [0.25, 0.3) is 0 Å². The topological polar surface area (TPSA) is 55.9 Å². The summed E-state index contributed by atoms with van der Waals surface area (Å²) in [6.07, 6.45) is 4.46. The molecule has 1 aromatic carbocycles. The van der Waals surface area contributed by atoms with Crippen LogP contribution >= 0.6 is 27.5 Å². The molecular formula is C12H14BrClN4. The first-order chi connectivity index (χ1) is 8.60. The average Bonchev–Trinajstić information content (AvgIpc) is 2.75. The lowest BCUT2D eigenvalue weighted by molar-refractivity contribution is 0.551. The van der Waals surface area contributed by atoms with Gasteiger partial charge in [0.1, 0.15) is 0 Å². The van der Waals surface area contributed by atoms with Gasteiger partial charge in [-0.05, 0) is 24.1 Å². The molecule has 18 heavy (non-hydrogen) atoms. The van der Waals surface area contributed by atoms with Gasteiger partial charge < -0.3 is 0 Å². The van der Waals surface area contributed by atoms with Crippen LogP contribution in [0.15, 0.2) is 35.1 Å². The van der Waals surface area contributed by atoms with E-state index < -0.39 is 0 Å². The lowest BCUT2D eigenvalue weighted by Crippen LogP contribution is -2.29. The molecule has 0 saturated carbocycles. The molecule has 0 aliphatic carbocycles. The van der Waals surface area contributed by atoms with Gasteiger partial charge in [-0.2, -0.15) is 5.10 Å². The van der Waals surface area contributed by atoms with Crippen molar-refractivity contribution in [2.24, 2.45) is 12.9 Å². The van der Waals surface area contributed by atoms with Crippen LogP contribution in [0.5, 0.6) is 0 Å². The molecule has 1 unspecified atom stereocenters. The quantitative estimate of drug-likeness (QED) is 0.669. The van der Waals surface area contributed by atoms with Gasteiger partial charge in [0.2, 0.25) is 0 Å². The molecule has 1 heterocycles. The van der Waals surface area contributed by atoms with Crippen molar-refractivity contribution in [1.82, 2.24) is 15.2 Å². The van der Waals surface area contributed by atoms with Crippen molar-refractivity contribution >= 4 is 27.5 Å². The first-order valence-electron chi connectivity index (χ1n) is 5.48. The van der Waals surface area contributed by atoms with Gasteiger partial charge in [0.15, 0.2) is 0 Å². The number of nitrogens with zero attached hydrogens (tertiary/aromatic N) is 2. The summed E-state index contributed by atoms with van der Waals surface area (Å²) in [5.41, 5.74) is 4.89. The summed E-state index contributed by atoms with van der Waals surface area (Å²) in [5.74, 6) is 5.60. The summed E-state index contributed by atoms with van der Waals surface area (Å²) >= 11 is 9.59. The molecule has 0 radical (unpaired) electrons. The molecule has 0 bridgehead atoms. The van der Waals surface area contributed by atoms with E-state index in [1.54, 1.807) is 10.9 Å². The fraction of sp³-hybridized carbons (Fsp3) is 0.250. The first-order valence-corrected chi connectivity index (χ1v) is 6.66. The first kappa shape index (κ1) is 13.5. The number of aryl methyl sites for hydroxylation is 1. The van der Waals surface area contributed by atoms with Gasteiger partial charge >= 0.3 is 0 Å². The lowest BCUT2D eigenvalue weighted by atomic mass is 10.0. The monoisotopic (exact) mass is 328 g/mol. The van der Waals surface area contributed by atoms with E-state index in [0.29, 0.717) is 6.42 Å². The maximum Gasteiger partial charge on any atom is 0.0538 e. The SMILES string of the molecule is Cn1cc(C(Cc2ccc(Br)cc2Cl)NN)cn1. The second kappa shape index (κ2) is 5.84. The lowest BCUT2D eigenvalue weighted by Gasteiger charge is -2.15. The van der Waals surface area contributed by atoms with Gasteiger partial charge in [-0.3, -0.25) is 16.0 Å². The summed E-state index contributed by atoms with van der Waals surface area (Å²) in [5, 5.41) is 4.87. The van der Waals surface area contributed by atoms with E-state index in [1.807, 2.05) is 31.4 Å². The molecule has 2 rings (SSSR count). The Hall–Kier alpha value is -0.880. The molecule has 0 aliphatic heterocycles. The second-order valence-electron chi connectivity index (χ2n) is 4.11. The van der Waals surface area contributed by atoms with Gasteiger partial charge in [-0.15, -0.1) is 0 Å². The number of nitrogens with two attached hydrogens (primary N) is 1. The molecule has 0 amide bonds. The number of hydrazine groups is 1. The fourth-order valence-electron chi connectivity index (χ4n) is 1.80. The van der Waals surface area contributed by atoms with E-state index in [2.05, 4.69) is 26.5 Å². The maximum atomic E-state index is 6.20. The van der Waals surface area contributed by atoms with Crippen LogP contribution in [0.25, 0.3) is 0 Å². The standard InChI is InChI=1S/C12H14BrClN4/c1-18-7-9(6-16-18)12(17-15)4-8-2-3-10(13)5-11(8)14/h2-3,5-7,12,17H,4,15H2,1H3. The van der Waals surface area contributed by atoms with Crippen molar-refractivity contribution in [1.29, 1.82) is 0 Å². The van der Waals surface area contributed by atoms with E-state index in [-0.39, 0.29) is 6.04 Å². The van der Waals surface area contributed by atoms with Crippen molar-refractivity contribution in [2.45, 2.75) is 12.5 Å². The number of benzene rings is 1. The third kappa shape index (κ3) is 3.11. The Morgan fingerprint density at radius 2 is 2.33 bits per heavy atom. The van der Waals surface area contributed by atoms with Crippen LogP contribution in [-0.4, -0.2) is 9.78 Å². The smallest absolute Gasteiger partial charge is 0.0538 e. The minimum absolute atomic E-state index is 0.00243. The van der Waals surface area contributed by atoms with Crippen LogP contribution in [0.1, 0.15) is 17.2 Å². The fourth-order valence-corrected chi connectivity index (χ4v) is 2.55. The van der Waals surface area contributed by atoms with E-state index >= 15 is 0 Å². The van der Waals surface area contributed by atoms with Gasteiger partial charge in [0.05, 0.1) is 12.2 Å². The number of hydrogen-bond acceptors (Lipinski definition) is 3. The molecule has 0 aliphatic rings. The average molecular weight is 330 g/mol. The van der Waals surface area contributed by atoms with E-state index in [9.17, 15) is 0 Å². The number of nitrogens with one attached hydrogen (secondary N) is 1. The van der Waals surface area contributed by atoms with Gasteiger partial charge in [-0.25, -0.2) is 0 Å². The highest BCUT2D eigenvalue weighted by molar-refractivity contribution is 9.10. The zero-order valence-electron chi connectivity index (χ0n) is 9.90. The largest absolute Gasteiger partial charge is 0.275 e. The summed E-state index contributed by atoms with van der Waals surface area (Å²) in [7, 11) is 1.88. The Balaban J connectivity index is 2.20. The zero-order valence-corrected chi connectivity index (χ0v) is 12.2. The Morgan fingerprint density at radius 3 is 2.89 bits per heavy atom. The number of aromatic nitrogens is 2. The maximum absolute atomic E-state index is 6.20. The van der Waals surface area contributed by atoms with Crippen LogP contribution < -0.4 is 11.3 Å². The van der Waals surface area contributed by atoms with E-state index in [0.717, 1.165) is 20.6 Å². The third-order valence-corrected chi connectivity index (χ3v) is 3.61. The Labute approximate surface area is 119 Å². The molecule has 96 valence electrons. The van der Waals surface area contributed by atoms with Crippen LogP contribution in [0.2, 0.25) is 5.02 Å². The van der Waals surface area contributed by atoms with E-state index in [1.165, 1.54) is 0 Å². The zero-order chi connectivity index (χ0) is 13.1. The summed E-state index contributed by atoms with van der Waals surface area (Å²) in [6, 6.07) is 5.84. The predicted molar refractivity (Wildman–Crippen MR) is 76.1 cm³/mol. The van der Waals surface area contributed by atoms with Crippen LogP contribution in [0.4, 0.5) is 0 Å². The number of hydrogen-bond donors (Lipinski definition) is 2. The molecule has 4 nitrogen and oxygen atoms in total. The van der Waals surface area contributed by atoms with Crippen LogP contribution in [0, 0.1) is 0 Å².